The first-order chi connectivity index (χ1) is 4.54. The monoisotopic (exact) mass is 163 g/mol. The third-order valence-corrected chi connectivity index (χ3v) is 2.03. The fraction of sp³-hybridized carbons (Fsp3) is 0.667. The third kappa shape index (κ3) is 4.52. The molecule has 4 heteroatoms. The molecule has 0 aliphatic heterocycles. The van der Waals surface area contributed by atoms with E-state index in [9.17, 15) is 4.79 Å². The topological polar surface area (TPSA) is 63.3 Å². The highest BCUT2D eigenvalue weighted by Gasteiger charge is 2.09. The Morgan fingerprint density at radius 2 is 2.40 bits per heavy atom. The van der Waals surface area contributed by atoms with Gasteiger partial charge in [0.05, 0.1) is 0 Å². The number of carboxylic acids is 1. The molecule has 0 aromatic heterocycles. The maximum atomic E-state index is 10.2. The second-order valence-electron chi connectivity index (χ2n) is 2.22. The number of aliphatic carboxylic acids is 1. The Kier molecular flexibility index (Phi) is 4.31. The summed E-state index contributed by atoms with van der Waals surface area (Å²) in [4.78, 5) is 10.2. The molecule has 0 spiro atoms. The van der Waals surface area contributed by atoms with Gasteiger partial charge in [-0.15, -0.1) is 0 Å². The molecular formula is C6H13NO2S. The molecule has 0 rings (SSSR count). The molecule has 2 unspecified atom stereocenters. The van der Waals surface area contributed by atoms with E-state index in [-0.39, 0.29) is 10.5 Å². The normalized spacial score (nSPS) is 16.2. The second-order valence-corrected chi connectivity index (χ2v) is 4.19. The average molecular weight is 163 g/mol. The number of rotatable bonds is 4. The van der Waals surface area contributed by atoms with Gasteiger partial charge in [-0.25, -0.2) is 0 Å². The molecule has 0 aromatic carbocycles. The van der Waals surface area contributed by atoms with Crippen LogP contribution in [-0.2, 0) is 4.79 Å². The standard InChI is InChI=1S/C6H13NO2S/c1-10(2)4-3-5(7)6(8)9/h5H,1,3-4,7H2,2H3,(H,8,9). The largest absolute Gasteiger partial charge is 0.480 e. The van der Waals surface area contributed by atoms with Crippen LogP contribution >= 0.6 is 10.5 Å². The minimum atomic E-state index is -0.926. The lowest BCUT2D eigenvalue weighted by atomic mass is 10.2. The van der Waals surface area contributed by atoms with Gasteiger partial charge in [-0.3, -0.25) is 4.79 Å². The van der Waals surface area contributed by atoms with E-state index in [1.54, 1.807) is 0 Å². The van der Waals surface area contributed by atoms with Crippen molar-refractivity contribution < 1.29 is 9.90 Å². The number of carboxylic acid groups (broad SMARTS) is 1. The van der Waals surface area contributed by atoms with Crippen LogP contribution in [0.4, 0.5) is 0 Å². The number of hydrogen-bond acceptors (Lipinski definition) is 2. The Bertz CT molecular complexity index is 147. The van der Waals surface area contributed by atoms with Gasteiger partial charge in [-0.1, -0.05) is 5.87 Å². The van der Waals surface area contributed by atoms with Crippen molar-refractivity contribution in [2.45, 2.75) is 12.5 Å². The molecule has 0 bridgehead atoms. The molecule has 60 valence electrons. The van der Waals surface area contributed by atoms with Crippen molar-refractivity contribution in [1.82, 2.24) is 0 Å². The van der Waals surface area contributed by atoms with Gasteiger partial charge in [0.15, 0.2) is 0 Å². The zero-order valence-corrected chi connectivity index (χ0v) is 6.86. The Morgan fingerprint density at radius 1 is 1.90 bits per heavy atom. The maximum absolute atomic E-state index is 10.2. The summed E-state index contributed by atoms with van der Waals surface area (Å²) in [6.07, 6.45) is 2.49. The van der Waals surface area contributed by atoms with Crippen molar-refractivity contribution in [3.63, 3.8) is 0 Å². The van der Waals surface area contributed by atoms with E-state index < -0.39 is 12.0 Å². The zero-order valence-electron chi connectivity index (χ0n) is 6.04. The van der Waals surface area contributed by atoms with Gasteiger partial charge in [0.2, 0.25) is 0 Å². The summed E-state index contributed by atoms with van der Waals surface area (Å²) < 4.78 is 0. The molecular weight excluding hydrogens is 150 g/mol. The van der Waals surface area contributed by atoms with Crippen LogP contribution in [0.1, 0.15) is 6.42 Å². The highest BCUT2D eigenvalue weighted by Crippen LogP contribution is 2.05. The van der Waals surface area contributed by atoms with Crippen LogP contribution in [-0.4, -0.2) is 35.0 Å². The first-order valence-electron chi connectivity index (χ1n) is 2.94. The first kappa shape index (κ1) is 9.65. The van der Waals surface area contributed by atoms with Crippen LogP contribution in [0, 0.1) is 0 Å². The third-order valence-electron chi connectivity index (χ3n) is 1.09. The van der Waals surface area contributed by atoms with Crippen LogP contribution in [0.25, 0.3) is 0 Å². The van der Waals surface area contributed by atoms with Crippen LogP contribution in [0.15, 0.2) is 0 Å². The molecule has 0 saturated carbocycles. The van der Waals surface area contributed by atoms with E-state index in [2.05, 4.69) is 5.87 Å². The van der Waals surface area contributed by atoms with Crippen molar-refractivity contribution in [3.05, 3.63) is 0 Å². The molecule has 0 aliphatic rings. The smallest absolute Gasteiger partial charge is 0.320 e. The molecule has 0 heterocycles. The Hall–Kier alpha value is -0.350. The summed E-state index contributed by atoms with van der Waals surface area (Å²) in [7, 11) is 0.0540. The van der Waals surface area contributed by atoms with Crippen LogP contribution < -0.4 is 5.73 Å². The molecule has 0 aromatic rings. The van der Waals surface area contributed by atoms with E-state index in [0.717, 1.165) is 5.75 Å². The number of nitrogens with two attached hydrogens (primary N) is 1. The highest BCUT2D eigenvalue weighted by atomic mass is 32.2. The van der Waals surface area contributed by atoms with Gasteiger partial charge in [-0.05, 0) is 18.4 Å². The minimum absolute atomic E-state index is 0.0540. The van der Waals surface area contributed by atoms with E-state index >= 15 is 0 Å². The van der Waals surface area contributed by atoms with E-state index in [0.29, 0.717) is 6.42 Å². The van der Waals surface area contributed by atoms with Crippen LogP contribution in [0.2, 0.25) is 0 Å². The van der Waals surface area contributed by atoms with Crippen molar-refractivity contribution >= 4 is 22.3 Å². The minimum Gasteiger partial charge on any atom is -0.480 e. The van der Waals surface area contributed by atoms with E-state index in [4.69, 9.17) is 10.8 Å². The van der Waals surface area contributed by atoms with Gasteiger partial charge in [-0.2, -0.15) is 10.5 Å². The maximum Gasteiger partial charge on any atom is 0.320 e. The molecule has 0 saturated heterocycles. The van der Waals surface area contributed by atoms with Gasteiger partial charge in [0, 0.05) is 0 Å². The predicted octanol–water partition coefficient (Wildman–Crippen LogP) is 0.119. The van der Waals surface area contributed by atoms with Crippen molar-refractivity contribution in [2.75, 3.05) is 12.0 Å². The van der Waals surface area contributed by atoms with Gasteiger partial charge < -0.3 is 10.8 Å². The lowest BCUT2D eigenvalue weighted by molar-refractivity contribution is -0.138. The van der Waals surface area contributed by atoms with Gasteiger partial charge in [0.25, 0.3) is 0 Å². The summed E-state index contributed by atoms with van der Waals surface area (Å²) in [6, 6.07) is -0.711. The number of hydrogen-bond donors (Lipinski definition) is 2. The first-order valence-corrected chi connectivity index (χ1v) is 4.91. The summed E-state index contributed by atoms with van der Waals surface area (Å²) >= 11 is 0. The van der Waals surface area contributed by atoms with E-state index in [1.165, 1.54) is 0 Å². The highest BCUT2D eigenvalue weighted by molar-refractivity contribution is 8.13. The van der Waals surface area contributed by atoms with Gasteiger partial charge >= 0.3 is 5.97 Å². The fourth-order valence-corrected chi connectivity index (χ4v) is 1.11. The molecule has 0 fully saturated rings. The Morgan fingerprint density at radius 3 is 2.70 bits per heavy atom. The molecule has 10 heavy (non-hydrogen) atoms. The van der Waals surface area contributed by atoms with E-state index in [1.807, 2.05) is 6.26 Å². The molecule has 2 atom stereocenters. The van der Waals surface area contributed by atoms with Crippen molar-refractivity contribution in [3.8, 4) is 0 Å². The summed E-state index contributed by atoms with van der Waals surface area (Å²) in [5, 5.41) is 8.35. The van der Waals surface area contributed by atoms with Gasteiger partial charge in [0.1, 0.15) is 6.04 Å². The Labute approximate surface area is 63.2 Å². The predicted molar refractivity (Wildman–Crippen MR) is 45.7 cm³/mol. The SMILES string of the molecule is C=S(C)CCC(N)C(=O)O. The summed E-state index contributed by atoms with van der Waals surface area (Å²) in [5.41, 5.74) is 5.24. The fourth-order valence-electron chi connectivity index (χ4n) is 0.452. The summed E-state index contributed by atoms with van der Waals surface area (Å²) in [5.74, 6) is 3.62. The molecule has 0 amide bonds. The van der Waals surface area contributed by atoms with Crippen molar-refractivity contribution in [2.24, 2.45) is 5.73 Å². The quantitative estimate of drug-likeness (QED) is 0.579. The molecule has 0 aliphatic carbocycles. The second kappa shape index (κ2) is 4.46. The zero-order chi connectivity index (χ0) is 8.15. The van der Waals surface area contributed by atoms with Crippen LogP contribution in [0.3, 0.4) is 0 Å². The average Bonchev–Trinajstić information content (AvgIpc) is 1.82. The number of carbonyl (C=O) groups is 1. The van der Waals surface area contributed by atoms with Crippen LogP contribution in [0.5, 0.6) is 0 Å². The lowest BCUT2D eigenvalue weighted by Crippen LogP contribution is -2.30. The molecule has 3 nitrogen and oxygen atoms in total. The lowest BCUT2D eigenvalue weighted by Gasteiger charge is -2.04. The summed E-state index contributed by atoms with van der Waals surface area (Å²) in [6.45, 7) is 0. The molecule has 0 radical (unpaired) electrons. The van der Waals surface area contributed by atoms with Crippen molar-refractivity contribution in [1.29, 1.82) is 0 Å². The molecule has 3 N–H and O–H groups in total. The Balaban J connectivity index is 3.49.